The maximum absolute atomic E-state index is 5.21. The van der Waals surface area contributed by atoms with Crippen LogP contribution in [0.1, 0.15) is 36.6 Å². The zero-order chi connectivity index (χ0) is 17.9. The molecule has 0 spiro atoms. The molecule has 0 saturated carbocycles. The van der Waals surface area contributed by atoms with Crippen molar-refractivity contribution in [2.24, 2.45) is 4.99 Å². The molecule has 2 heterocycles. The first kappa shape index (κ1) is 20.1. The van der Waals surface area contributed by atoms with E-state index in [0.717, 1.165) is 58.1 Å². The van der Waals surface area contributed by atoms with Gasteiger partial charge in [0.05, 0.1) is 18.2 Å². The molecule has 2 N–H and O–H groups in total. The molecule has 1 aromatic rings. The normalized spacial score (nSPS) is 18.7. The predicted octanol–water partition coefficient (Wildman–Crippen LogP) is 1.91. The minimum atomic E-state index is 0.539. The third-order valence-corrected chi connectivity index (χ3v) is 5.67. The molecule has 0 aliphatic carbocycles. The van der Waals surface area contributed by atoms with Crippen molar-refractivity contribution in [1.29, 1.82) is 0 Å². The van der Waals surface area contributed by atoms with Gasteiger partial charge in [-0.1, -0.05) is 6.92 Å². The van der Waals surface area contributed by atoms with E-state index < -0.39 is 0 Å². The third kappa shape index (κ3) is 6.92. The number of guanidine groups is 1. The molecule has 1 aliphatic heterocycles. The van der Waals surface area contributed by atoms with Crippen LogP contribution in [0.15, 0.2) is 11.2 Å². The van der Waals surface area contributed by atoms with Crippen molar-refractivity contribution in [1.82, 2.24) is 20.5 Å². The molecule has 1 atom stereocenters. The smallest absolute Gasteiger partial charge is 0.191 e. The van der Waals surface area contributed by atoms with Crippen LogP contribution >= 0.6 is 11.3 Å². The number of hydrogen-bond donors (Lipinski definition) is 2. The lowest BCUT2D eigenvalue weighted by Gasteiger charge is -2.23. The number of rotatable bonds is 10. The lowest BCUT2D eigenvalue weighted by molar-refractivity contribution is 0.142. The van der Waals surface area contributed by atoms with Crippen LogP contribution in [0.5, 0.6) is 0 Å². The molecule has 2 rings (SSSR count). The third-order valence-electron chi connectivity index (χ3n) is 4.47. The highest BCUT2D eigenvalue weighted by molar-refractivity contribution is 7.11. The van der Waals surface area contributed by atoms with E-state index in [-0.39, 0.29) is 0 Å². The second-order valence-corrected chi connectivity index (χ2v) is 7.49. The Balaban J connectivity index is 1.78. The summed E-state index contributed by atoms with van der Waals surface area (Å²) in [5.41, 5.74) is 0. The van der Waals surface area contributed by atoms with Gasteiger partial charge in [-0.2, -0.15) is 0 Å². The molecule has 142 valence electrons. The molecule has 1 unspecified atom stereocenters. The van der Waals surface area contributed by atoms with Crippen molar-refractivity contribution in [3.8, 4) is 0 Å². The van der Waals surface area contributed by atoms with Crippen LogP contribution in [0.3, 0.4) is 0 Å². The number of aryl methyl sites for hydroxylation is 1. The second-order valence-electron chi connectivity index (χ2n) is 6.30. The van der Waals surface area contributed by atoms with E-state index in [1.165, 1.54) is 22.7 Å². The van der Waals surface area contributed by atoms with Gasteiger partial charge in [0, 0.05) is 50.3 Å². The zero-order valence-corrected chi connectivity index (χ0v) is 16.7. The summed E-state index contributed by atoms with van der Waals surface area (Å²) in [5.74, 6) is 0.911. The van der Waals surface area contributed by atoms with Crippen molar-refractivity contribution < 1.29 is 4.74 Å². The fraction of sp³-hybridized carbons (Fsp3) is 0.778. The number of thiazole rings is 1. The van der Waals surface area contributed by atoms with Gasteiger partial charge in [0.2, 0.25) is 0 Å². The summed E-state index contributed by atoms with van der Waals surface area (Å²) < 4.78 is 5.21. The predicted molar refractivity (Wildman–Crippen MR) is 106 cm³/mol. The highest BCUT2D eigenvalue weighted by Gasteiger charge is 2.23. The maximum Gasteiger partial charge on any atom is 0.191 e. The number of methoxy groups -OCH3 is 1. The van der Waals surface area contributed by atoms with Crippen molar-refractivity contribution in [3.63, 3.8) is 0 Å². The first-order valence-electron chi connectivity index (χ1n) is 9.45. The molecule has 0 aromatic carbocycles. The Morgan fingerprint density at radius 3 is 3.04 bits per heavy atom. The minimum absolute atomic E-state index is 0.539. The molecule has 0 radical (unpaired) electrons. The van der Waals surface area contributed by atoms with Crippen LogP contribution < -0.4 is 10.6 Å². The van der Waals surface area contributed by atoms with Gasteiger partial charge in [0.1, 0.15) is 0 Å². The zero-order valence-electron chi connectivity index (χ0n) is 15.9. The van der Waals surface area contributed by atoms with Gasteiger partial charge in [-0.3, -0.25) is 9.89 Å². The molecular weight excluding hydrogens is 334 g/mol. The van der Waals surface area contributed by atoms with Crippen molar-refractivity contribution >= 4 is 17.3 Å². The van der Waals surface area contributed by atoms with E-state index in [1.807, 2.05) is 17.5 Å². The van der Waals surface area contributed by atoms with E-state index in [0.29, 0.717) is 6.04 Å². The number of aliphatic imine (C=N–C) groups is 1. The summed E-state index contributed by atoms with van der Waals surface area (Å²) >= 11 is 1.81. The Bertz CT molecular complexity index is 519. The van der Waals surface area contributed by atoms with Gasteiger partial charge in [-0.25, -0.2) is 4.98 Å². The van der Waals surface area contributed by atoms with Crippen LogP contribution in [0.4, 0.5) is 0 Å². The van der Waals surface area contributed by atoms with E-state index in [4.69, 9.17) is 9.73 Å². The molecule has 1 saturated heterocycles. The topological polar surface area (TPSA) is 61.8 Å². The average Bonchev–Trinajstić information content (AvgIpc) is 3.26. The standard InChI is InChI=1S/C18H33N5OS/c1-4-16-14-21-17(25-16)8-9-20-18(19-5-2)22-13-15-7-6-10-23(15)11-12-24-3/h14-15H,4-13H2,1-3H3,(H2,19,20,22). The summed E-state index contributed by atoms with van der Waals surface area (Å²) in [6.07, 6.45) is 6.49. The molecule has 6 nitrogen and oxygen atoms in total. The van der Waals surface area contributed by atoms with E-state index in [9.17, 15) is 0 Å². The lowest BCUT2D eigenvalue weighted by atomic mass is 10.2. The number of nitrogens with one attached hydrogen (secondary N) is 2. The van der Waals surface area contributed by atoms with Crippen LogP contribution in [0.25, 0.3) is 0 Å². The van der Waals surface area contributed by atoms with Gasteiger partial charge in [-0.05, 0) is 32.7 Å². The Morgan fingerprint density at radius 1 is 1.44 bits per heavy atom. The summed E-state index contributed by atoms with van der Waals surface area (Å²) in [6, 6.07) is 0.539. The van der Waals surface area contributed by atoms with Gasteiger partial charge in [0.25, 0.3) is 0 Å². The number of nitrogens with zero attached hydrogens (tertiary/aromatic N) is 3. The van der Waals surface area contributed by atoms with Crippen LogP contribution in [-0.4, -0.2) is 68.3 Å². The molecule has 0 amide bonds. The highest BCUT2D eigenvalue weighted by atomic mass is 32.1. The largest absolute Gasteiger partial charge is 0.383 e. The van der Waals surface area contributed by atoms with Crippen LogP contribution in [0, 0.1) is 0 Å². The van der Waals surface area contributed by atoms with Crippen LogP contribution in [-0.2, 0) is 17.6 Å². The fourth-order valence-electron chi connectivity index (χ4n) is 3.06. The van der Waals surface area contributed by atoms with Gasteiger partial charge < -0.3 is 15.4 Å². The summed E-state index contributed by atoms with van der Waals surface area (Å²) in [6.45, 7) is 9.82. The van der Waals surface area contributed by atoms with Gasteiger partial charge >= 0.3 is 0 Å². The van der Waals surface area contributed by atoms with Crippen molar-refractivity contribution in [3.05, 3.63) is 16.1 Å². The quantitative estimate of drug-likeness (QED) is 0.489. The first-order chi connectivity index (χ1) is 12.3. The molecule has 1 fully saturated rings. The number of likely N-dealkylation sites (tertiary alicyclic amines) is 1. The Kier molecular flexibility index (Phi) is 9.21. The maximum atomic E-state index is 5.21. The van der Waals surface area contributed by atoms with E-state index in [2.05, 4.69) is 34.4 Å². The minimum Gasteiger partial charge on any atom is -0.383 e. The molecule has 0 bridgehead atoms. The average molecular weight is 368 g/mol. The van der Waals surface area contributed by atoms with Crippen LogP contribution in [0.2, 0.25) is 0 Å². The Hall–Kier alpha value is -1.18. The first-order valence-corrected chi connectivity index (χ1v) is 10.3. The van der Waals surface area contributed by atoms with E-state index >= 15 is 0 Å². The molecular formula is C18H33N5OS. The van der Waals surface area contributed by atoms with E-state index in [1.54, 1.807) is 7.11 Å². The second kappa shape index (κ2) is 11.4. The monoisotopic (exact) mass is 367 g/mol. The number of aromatic nitrogens is 1. The molecule has 25 heavy (non-hydrogen) atoms. The number of ether oxygens (including phenoxy) is 1. The molecule has 1 aliphatic rings. The lowest BCUT2D eigenvalue weighted by Crippen LogP contribution is -2.40. The van der Waals surface area contributed by atoms with Crippen molar-refractivity contribution in [2.75, 3.05) is 46.4 Å². The number of hydrogen-bond acceptors (Lipinski definition) is 5. The fourth-order valence-corrected chi connectivity index (χ4v) is 3.92. The van der Waals surface area contributed by atoms with Gasteiger partial charge in [-0.15, -0.1) is 11.3 Å². The summed E-state index contributed by atoms with van der Waals surface area (Å²) in [5, 5.41) is 7.98. The van der Waals surface area contributed by atoms with Crippen molar-refractivity contribution in [2.45, 2.75) is 45.6 Å². The Morgan fingerprint density at radius 2 is 2.32 bits per heavy atom. The molecule has 7 heteroatoms. The highest BCUT2D eigenvalue weighted by Crippen LogP contribution is 2.17. The SMILES string of the molecule is CCNC(=NCC1CCCN1CCOC)NCCc1ncc(CC)s1. The summed E-state index contributed by atoms with van der Waals surface area (Å²) in [4.78, 5) is 13.1. The summed E-state index contributed by atoms with van der Waals surface area (Å²) in [7, 11) is 1.77. The Labute approximate surface area is 156 Å². The molecule has 1 aromatic heterocycles. The van der Waals surface area contributed by atoms with Gasteiger partial charge in [0.15, 0.2) is 5.96 Å².